The zero-order valence-corrected chi connectivity index (χ0v) is 15.9. The Morgan fingerprint density at radius 1 is 1.18 bits per heavy atom. The predicted molar refractivity (Wildman–Crippen MR) is 109 cm³/mol. The van der Waals surface area contributed by atoms with Gasteiger partial charge in [0.25, 0.3) is 0 Å². The Morgan fingerprint density at radius 3 is 2.96 bits per heavy atom. The van der Waals surface area contributed by atoms with Gasteiger partial charge in [-0.05, 0) is 25.5 Å². The van der Waals surface area contributed by atoms with E-state index in [1.807, 2.05) is 36.0 Å². The number of aromatic nitrogens is 5. The van der Waals surface area contributed by atoms with Crippen LogP contribution in [0.3, 0.4) is 0 Å². The lowest BCUT2D eigenvalue weighted by atomic mass is 9.98. The molecule has 5 rings (SSSR count). The van der Waals surface area contributed by atoms with Crippen LogP contribution in [0.25, 0.3) is 17.2 Å². The summed E-state index contributed by atoms with van der Waals surface area (Å²) < 4.78 is 1.99. The van der Waals surface area contributed by atoms with Gasteiger partial charge < -0.3 is 10.2 Å². The van der Waals surface area contributed by atoms with E-state index in [2.05, 4.69) is 43.2 Å². The second-order valence-corrected chi connectivity index (χ2v) is 7.20. The van der Waals surface area contributed by atoms with E-state index in [-0.39, 0.29) is 12.1 Å². The van der Waals surface area contributed by atoms with Crippen LogP contribution in [0.15, 0.2) is 47.5 Å². The van der Waals surface area contributed by atoms with E-state index in [4.69, 9.17) is 4.98 Å². The average Bonchev–Trinajstić information content (AvgIpc) is 3.38. The number of fused-ring (bicyclic) bond motifs is 1. The summed E-state index contributed by atoms with van der Waals surface area (Å²) in [4.78, 5) is 24.8. The molecule has 3 aromatic heterocycles. The smallest absolute Gasteiger partial charge is 0.180 e. The van der Waals surface area contributed by atoms with Crippen LogP contribution >= 0.6 is 0 Å². The molecule has 28 heavy (non-hydrogen) atoms. The van der Waals surface area contributed by atoms with E-state index in [0.29, 0.717) is 5.82 Å². The van der Waals surface area contributed by atoms with Crippen molar-refractivity contribution in [1.29, 1.82) is 0 Å². The first-order valence-corrected chi connectivity index (χ1v) is 9.54. The zero-order chi connectivity index (χ0) is 19.1. The first kappa shape index (κ1) is 17.0. The van der Waals surface area contributed by atoms with E-state index in [9.17, 15) is 0 Å². The maximum atomic E-state index is 4.88. The molecule has 2 unspecified atom stereocenters. The number of nitrogens with one attached hydrogen (secondary N) is 1. The fourth-order valence-corrected chi connectivity index (χ4v) is 3.97. The van der Waals surface area contributed by atoms with Crippen molar-refractivity contribution in [3.63, 3.8) is 0 Å². The van der Waals surface area contributed by atoms with Crippen molar-refractivity contribution in [2.24, 2.45) is 4.99 Å². The highest BCUT2D eigenvalue weighted by Crippen LogP contribution is 2.25. The van der Waals surface area contributed by atoms with Gasteiger partial charge in [-0.2, -0.15) is 0 Å². The fraction of sp³-hybridized carbons (Fsp3) is 0.350. The maximum Gasteiger partial charge on any atom is 0.180 e. The standard InChI is InChI=1S/C20H22N8/c1-13-12-28-16(10-25-18(28)11-24-13)20-23-6-4-17(26-20)27-8-7-22-19(14(27)2)15-3-5-21-9-15/h3-4,6,9-12,14,19,22H,5,7-8H2,1-2H3. The summed E-state index contributed by atoms with van der Waals surface area (Å²) >= 11 is 0. The van der Waals surface area contributed by atoms with Crippen molar-refractivity contribution in [3.05, 3.63) is 48.2 Å². The van der Waals surface area contributed by atoms with Crippen molar-refractivity contribution in [2.45, 2.75) is 25.9 Å². The van der Waals surface area contributed by atoms with E-state index < -0.39 is 0 Å². The largest absolute Gasteiger partial charge is 0.351 e. The molecule has 0 radical (unpaired) electrons. The molecule has 0 amide bonds. The summed E-state index contributed by atoms with van der Waals surface area (Å²) in [6.07, 6.45) is 11.5. The number of rotatable bonds is 3. The van der Waals surface area contributed by atoms with Crippen LogP contribution in [0, 0.1) is 6.92 Å². The van der Waals surface area contributed by atoms with Crippen LogP contribution in [0.4, 0.5) is 5.82 Å². The molecule has 0 aromatic carbocycles. The highest BCUT2D eigenvalue weighted by Gasteiger charge is 2.31. The van der Waals surface area contributed by atoms with Gasteiger partial charge in [-0.15, -0.1) is 0 Å². The van der Waals surface area contributed by atoms with Crippen molar-refractivity contribution in [3.8, 4) is 11.5 Å². The molecule has 3 aromatic rings. The van der Waals surface area contributed by atoms with Crippen LogP contribution in [0.1, 0.15) is 12.6 Å². The number of imidazole rings is 1. The third-order valence-corrected chi connectivity index (χ3v) is 5.41. The molecule has 0 bridgehead atoms. The number of aryl methyl sites for hydroxylation is 1. The predicted octanol–water partition coefficient (Wildman–Crippen LogP) is 1.67. The van der Waals surface area contributed by atoms with Crippen LogP contribution < -0.4 is 10.2 Å². The van der Waals surface area contributed by atoms with Gasteiger partial charge in [-0.25, -0.2) is 15.0 Å². The van der Waals surface area contributed by atoms with Crippen LogP contribution in [0.2, 0.25) is 0 Å². The van der Waals surface area contributed by atoms with Crippen molar-refractivity contribution in [2.75, 3.05) is 24.5 Å². The monoisotopic (exact) mass is 374 g/mol. The molecule has 2 aliphatic rings. The third kappa shape index (κ3) is 2.86. The van der Waals surface area contributed by atoms with E-state index >= 15 is 0 Å². The Morgan fingerprint density at radius 2 is 2.11 bits per heavy atom. The second kappa shape index (κ2) is 6.79. The minimum Gasteiger partial charge on any atom is -0.351 e. The van der Waals surface area contributed by atoms with Crippen molar-refractivity contribution < 1.29 is 0 Å². The molecule has 8 nitrogen and oxygen atoms in total. The Kier molecular flexibility index (Phi) is 4.12. The second-order valence-electron chi connectivity index (χ2n) is 7.20. The topological polar surface area (TPSA) is 83.6 Å². The van der Waals surface area contributed by atoms with Gasteiger partial charge in [-0.1, -0.05) is 6.08 Å². The third-order valence-electron chi connectivity index (χ3n) is 5.41. The van der Waals surface area contributed by atoms with Gasteiger partial charge in [0, 0.05) is 37.7 Å². The molecule has 5 heterocycles. The SMILES string of the molecule is Cc1cn2c(-c3nccc(N4CCNC(C5=CCN=C5)C4C)n3)cnc2cn1. The van der Waals surface area contributed by atoms with E-state index in [1.165, 1.54) is 5.57 Å². The first-order chi connectivity index (χ1) is 13.7. The normalized spacial score (nSPS) is 22.1. The lowest BCUT2D eigenvalue weighted by molar-refractivity contribution is 0.425. The van der Waals surface area contributed by atoms with E-state index in [0.717, 1.165) is 42.5 Å². The molecule has 1 saturated heterocycles. The molecule has 1 N–H and O–H groups in total. The van der Waals surface area contributed by atoms with Gasteiger partial charge in [0.05, 0.1) is 30.7 Å². The van der Waals surface area contributed by atoms with Crippen molar-refractivity contribution in [1.82, 2.24) is 29.7 Å². The minimum absolute atomic E-state index is 0.253. The molecular weight excluding hydrogens is 352 g/mol. The van der Waals surface area contributed by atoms with Gasteiger partial charge in [0.2, 0.25) is 0 Å². The molecule has 0 spiro atoms. The summed E-state index contributed by atoms with van der Waals surface area (Å²) in [6, 6.07) is 2.50. The lowest BCUT2D eigenvalue weighted by Gasteiger charge is -2.41. The van der Waals surface area contributed by atoms with Gasteiger partial charge >= 0.3 is 0 Å². The first-order valence-electron chi connectivity index (χ1n) is 9.54. The zero-order valence-electron chi connectivity index (χ0n) is 15.9. The van der Waals surface area contributed by atoms with Crippen LogP contribution in [-0.4, -0.2) is 62.3 Å². The number of nitrogens with zero attached hydrogens (tertiary/aromatic N) is 7. The molecular formula is C20H22N8. The summed E-state index contributed by atoms with van der Waals surface area (Å²) in [5.41, 5.74) is 3.84. The van der Waals surface area contributed by atoms with Gasteiger partial charge in [0.15, 0.2) is 11.5 Å². The number of aliphatic imine (C=N–C) groups is 1. The minimum atomic E-state index is 0.253. The Labute approximate surface area is 163 Å². The Bertz CT molecular complexity index is 1080. The number of hydrogen-bond donors (Lipinski definition) is 1. The summed E-state index contributed by atoms with van der Waals surface area (Å²) in [7, 11) is 0. The van der Waals surface area contributed by atoms with Gasteiger partial charge in [-0.3, -0.25) is 14.4 Å². The molecule has 0 saturated carbocycles. The Balaban J connectivity index is 1.50. The molecule has 1 fully saturated rings. The molecule has 2 atom stereocenters. The van der Waals surface area contributed by atoms with Gasteiger partial charge in [0.1, 0.15) is 11.5 Å². The maximum absolute atomic E-state index is 4.88. The molecule has 142 valence electrons. The van der Waals surface area contributed by atoms with E-state index in [1.54, 1.807) is 12.4 Å². The summed E-state index contributed by atoms with van der Waals surface area (Å²) in [6.45, 7) is 6.77. The highest BCUT2D eigenvalue weighted by molar-refractivity contribution is 5.83. The van der Waals surface area contributed by atoms with Crippen LogP contribution in [0.5, 0.6) is 0 Å². The molecule has 2 aliphatic heterocycles. The number of piperazine rings is 1. The van der Waals surface area contributed by atoms with Crippen LogP contribution in [-0.2, 0) is 0 Å². The van der Waals surface area contributed by atoms with Crippen molar-refractivity contribution >= 4 is 17.7 Å². The molecule has 0 aliphatic carbocycles. The number of hydrogen-bond acceptors (Lipinski definition) is 7. The molecule has 8 heteroatoms. The highest BCUT2D eigenvalue weighted by atomic mass is 15.3. The number of anilines is 1. The quantitative estimate of drug-likeness (QED) is 0.751. The summed E-state index contributed by atoms with van der Waals surface area (Å²) in [5, 5.41) is 3.62. The average molecular weight is 374 g/mol. The summed E-state index contributed by atoms with van der Waals surface area (Å²) in [5.74, 6) is 1.60. The lowest BCUT2D eigenvalue weighted by Crippen LogP contribution is -2.57. The Hall–Kier alpha value is -3.13. The fourth-order valence-electron chi connectivity index (χ4n) is 3.97.